The van der Waals surface area contributed by atoms with Crippen LogP contribution < -0.4 is 15.2 Å². The van der Waals surface area contributed by atoms with Crippen molar-refractivity contribution in [2.75, 3.05) is 10.7 Å². The Morgan fingerprint density at radius 3 is 2.78 bits per heavy atom. The number of ether oxygens (including phenoxy) is 1. The van der Waals surface area contributed by atoms with E-state index in [1.807, 2.05) is 25.1 Å². The molecule has 0 amide bonds. The Hall–Kier alpha value is -1.27. The number of hydrogen-bond donors (Lipinski definition) is 2. The second kappa shape index (κ2) is 3.61. The lowest BCUT2D eigenvalue weighted by atomic mass is 9.89. The molecule has 5 nitrogen and oxygen atoms in total. The van der Waals surface area contributed by atoms with Crippen LogP contribution in [-0.4, -0.2) is 20.4 Å². The summed E-state index contributed by atoms with van der Waals surface area (Å²) in [6.07, 6.45) is 2.11. The van der Waals surface area contributed by atoms with E-state index in [2.05, 4.69) is 4.72 Å². The third-order valence-electron chi connectivity index (χ3n) is 3.85. The Bertz CT molecular complexity index is 591. The maximum Gasteiger partial charge on any atom is 0.268 e. The molecule has 0 radical (unpaired) electrons. The maximum absolute atomic E-state index is 11.5. The Kier molecular flexibility index (Phi) is 2.37. The van der Waals surface area contributed by atoms with E-state index in [4.69, 9.17) is 10.5 Å². The van der Waals surface area contributed by atoms with Crippen LogP contribution in [0.5, 0.6) is 5.75 Å². The monoisotopic (exact) mass is 268 g/mol. The van der Waals surface area contributed by atoms with Gasteiger partial charge in [0.25, 0.3) is 10.0 Å². The van der Waals surface area contributed by atoms with Crippen molar-refractivity contribution < 1.29 is 13.2 Å². The molecule has 98 valence electrons. The minimum atomic E-state index is -3.36. The zero-order valence-electron chi connectivity index (χ0n) is 10.1. The molecule has 0 bridgehead atoms. The van der Waals surface area contributed by atoms with Crippen molar-refractivity contribution in [2.24, 2.45) is 5.73 Å². The molecular formula is C12H16N2O3S. The number of nitrogens with two attached hydrogens (primary N) is 1. The molecule has 18 heavy (non-hydrogen) atoms. The molecule has 1 atom stereocenters. The predicted molar refractivity (Wildman–Crippen MR) is 69.0 cm³/mol. The summed E-state index contributed by atoms with van der Waals surface area (Å²) in [6.45, 7) is 1.99. The van der Waals surface area contributed by atoms with Gasteiger partial charge in [-0.3, -0.25) is 4.72 Å². The van der Waals surface area contributed by atoms with E-state index in [9.17, 15) is 8.42 Å². The molecule has 3 rings (SSSR count). The molecule has 1 saturated carbocycles. The minimum Gasteiger partial charge on any atom is -0.474 e. The van der Waals surface area contributed by atoms with Gasteiger partial charge in [0.05, 0.1) is 5.69 Å². The first-order valence-corrected chi connectivity index (χ1v) is 7.62. The number of hydrogen-bond acceptors (Lipinski definition) is 4. The van der Waals surface area contributed by atoms with E-state index in [-0.39, 0.29) is 17.4 Å². The van der Waals surface area contributed by atoms with Crippen LogP contribution >= 0.6 is 0 Å². The Balaban J connectivity index is 2.01. The van der Waals surface area contributed by atoms with Crippen LogP contribution in [0.25, 0.3) is 0 Å². The predicted octanol–water partition coefficient (Wildman–Crippen LogP) is 1.16. The summed E-state index contributed by atoms with van der Waals surface area (Å²) in [5, 5.41) is 0. The normalized spacial score (nSPS) is 24.3. The van der Waals surface area contributed by atoms with Gasteiger partial charge in [0.15, 0.2) is 0 Å². The van der Waals surface area contributed by atoms with Crippen molar-refractivity contribution >= 4 is 15.7 Å². The van der Waals surface area contributed by atoms with Crippen molar-refractivity contribution in [3.05, 3.63) is 23.8 Å². The van der Waals surface area contributed by atoms with E-state index in [0.29, 0.717) is 11.4 Å². The second-order valence-electron chi connectivity index (χ2n) is 5.13. The summed E-state index contributed by atoms with van der Waals surface area (Å²) < 4.78 is 30.7. The van der Waals surface area contributed by atoms with Gasteiger partial charge >= 0.3 is 0 Å². The molecule has 3 N–H and O–H groups in total. The highest BCUT2D eigenvalue weighted by Crippen LogP contribution is 2.51. The first-order valence-electron chi connectivity index (χ1n) is 5.96. The molecule has 1 aromatic rings. The van der Waals surface area contributed by atoms with Crippen LogP contribution in [-0.2, 0) is 15.4 Å². The van der Waals surface area contributed by atoms with Crippen molar-refractivity contribution in [1.82, 2.24) is 0 Å². The molecule has 0 aromatic heterocycles. The topological polar surface area (TPSA) is 81.4 Å². The lowest BCUT2D eigenvalue weighted by Crippen LogP contribution is -2.32. The number of sulfonamides is 1. The second-order valence-corrected chi connectivity index (χ2v) is 6.80. The van der Waals surface area contributed by atoms with Gasteiger partial charge in [-0.2, -0.15) is 0 Å². The van der Waals surface area contributed by atoms with E-state index >= 15 is 0 Å². The van der Waals surface area contributed by atoms with Gasteiger partial charge in [-0.05, 0) is 37.5 Å². The first kappa shape index (κ1) is 11.8. The van der Waals surface area contributed by atoms with Gasteiger partial charge in [0, 0.05) is 11.5 Å². The molecule has 1 unspecified atom stereocenters. The lowest BCUT2D eigenvalue weighted by Gasteiger charge is -2.24. The van der Waals surface area contributed by atoms with Crippen LogP contribution in [0.15, 0.2) is 18.2 Å². The fraction of sp³-hybridized carbons (Fsp3) is 0.500. The molecule has 1 aliphatic heterocycles. The summed E-state index contributed by atoms with van der Waals surface area (Å²) >= 11 is 0. The maximum atomic E-state index is 11.5. The highest BCUT2D eigenvalue weighted by Gasteiger charge is 2.47. The molecule has 1 aromatic carbocycles. The van der Waals surface area contributed by atoms with Gasteiger partial charge in [-0.15, -0.1) is 0 Å². The highest BCUT2D eigenvalue weighted by molar-refractivity contribution is 7.92. The molecule has 1 aliphatic carbocycles. The Morgan fingerprint density at radius 1 is 1.44 bits per heavy atom. The minimum absolute atomic E-state index is 0.0118. The third kappa shape index (κ3) is 1.76. The Morgan fingerprint density at radius 2 is 2.17 bits per heavy atom. The number of nitrogens with one attached hydrogen (secondary N) is 1. The zero-order chi connectivity index (χ0) is 13.0. The quantitative estimate of drug-likeness (QED) is 0.843. The summed E-state index contributed by atoms with van der Waals surface area (Å²) in [5.41, 5.74) is 7.64. The van der Waals surface area contributed by atoms with Crippen molar-refractivity contribution in [1.29, 1.82) is 0 Å². The zero-order valence-corrected chi connectivity index (χ0v) is 11.0. The number of fused-ring (bicyclic) bond motifs is 1. The molecule has 6 heteroatoms. The van der Waals surface area contributed by atoms with E-state index < -0.39 is 10.0 Å². The van der Waals surface area contributed by atoms with Crippen LogP contribution in [0.3, 0.4) is 0 Å². The third-order valence-corrected chi connectivity index (χ3v) is 4.81. The molecular weight excluding hydrogens is 252 g/mol. The molecule has 0 saturated heterocycles. The molecule has 1 fully saturated rings. The van der Waals surface area contributed by atoms with Gasteiger partial charge in [0.1, 0.15) is 5.75 Å². The van der Waals surface area contributed by atoms with Crippen LogP contribution in [0.1, 0.15) is 25.3 Å². The smallest absolute Gasteiger partial charge is 0.268 e. The number of benzene rings is 1. The van der Waals surface area contributed by atoms with Gasteiger partial charge < -0.3 is 10.5 Å². The van der Waals surface area contributed by atoms with E-state index in [1.165, 1.54) is 0 Å². The highest BCUT2D eigenvalue weighted by atomic mass is 32.2. The Labute approximate surface area is 106 Å². The van der Waals surface area contributed by atoms with Crippen molar-refractivity contribution in [3.8, 4) is 5.75 Å². The SMILES string of the molecule is CC(N)C1(c2ccc3c(c2)NS(=O)(=O)CO3)CC1. The largest absolute Gasteiger partial charge is 0.474 e. The van der Waals surface area contributed by atoms with Crippen molar-refractivity contribution in [2.45, 2.75) is 31.2 Å². The summed E-state index contributed by atoms with van der Waals surface area (Å²) in [6, 6.07) is 5.71. The number of rotatable bonds is 2. The molecule has 0 spiro atoms. The van der Waals surface area contributed by atoms with Crippen LogP contribution in [0.2, 0.25) is 0 Å². The lowest BCUT2D eigenvalue weighted by molar-refractivity contribution is 0.374. The fourth-order valence-electron chi connectivity index (χ4n) is 2.52. The summed E-state index contributed by atoms with van der Waals surface area (Å²) in [7, 11) is -3.36. The van der Waals surface area contributed by atoms with E-state index in [1.54, 1.807) is 0 Å². The first-order chi connectivity index (χ1) is 8.43. The van der Waals surface area contributed by atoms with Crippen molar-refractivity contribution in [3.63, 3.8) is 0 Å². The van der Waals surface area contributed by atoms with Gasteiger partial charge in [0.2, 0.25) is 5.94 Å². The summed E-state index contributed by atoms with van der Waals surface area (Å²) in [4.78, 5) is 0. The summed E-state index contributed by atoms with van der Waals surface area (Å²) in [5.74, 6) is 0.256. The van der Waals surface area contributed by atoms with Crippen LogP contribution in [0.4, 0.5) is 5.69 Å². The average molecular weight is 268 g/mol. The van der Waals surface area contributed by atoms with Gasteiger partial charge in [-0.1, -0.05) is 6.07 Å². The molecule has 1 heterocycles. The molecule has 2 aliphatic rings. The standard InChI is InChI=1S/C12H16N2O3S/c1-8(13)12(4-5-12)9-2-3-11-10(6-9)14-18(15,16)7-17-11/h2-3,6,8,14H,4-5,7,13H2,1H3. The number of anilines is 1. The fourth-order valence-corrected chi connectivity index (χ4v) is 3.36. The van der Waals surface area contributed by atoms with E-state index in [0.717, 1.165) is 18.4 Å². The van der Waals surface area contributed by atoms with Crippen LogP contribution in [0, 0.1) is 0 Å². The average Bonchev–Trinajstić information content (AvgIpc) is 3.07. The van der Waals surface area contributed by atoms with Gasteiger partial charge in [-0.25, -0.2) is 8.42 Å².